The van der Waals surface area contributed by atoms with E-state index in [2.05, 4.69) is 0 Å². The topological polar surface area (TPSA) is 112 Å². The Morgan fingerprint density at radius 1 is 0.731 bits per heavy atom. The summed E-state index contributed by atoms with van der Waals surface area (Å²) >= 11 is 0. The molecule has 8 heteroatoms. The fraction of sp³-hybridized carbons (Fsp3) is 0.167. The lowest BCUT2D eigenvalue weighted by molar-refractivity contribution is 0.0647. The number of aryl methyl sites for hydroxylation is 2. The van der Waals surface area contributed by atoms with E-state index in [9.17, 15) is 23.2 Å². The van der Waals surface area contributed by atoms with Crippen LogP contribution in [0.2, 0.25) is 0 Å². The predicted octanol–water partition coefficient (Wildman–Crippen LogP) is 4.00. The molecule has 0 atom stereocenters. The summed E-state index contributed by atoms with van der Waals surface area (Å²) in [5, 5.41) is 25.6. The van der Waals surface area contributed by atoms with Gasteiger partial charge in [-0.1, -0.05) is 13.5 Å². The van der Waals surface area contributed by atoms with Crippen LogP contribution in [0.1, 0.15) is 49.6 Å². The van der Waals surface area contributed by atoms with E-state index < -0.39 is 40.7 Å². The third-order valence-electron chi connectivity index (χ3n) is 3.03. The zero-order valence-electron chi connectivity index (χ0n) is 13.2. The molecule has 140 valence electrons. The Bertz CT molecular complexity index is 846. The number of hydrogen-bond donors (Lipinski definition) is 3. The molecule has 0 aromatic heterocycles. The van der Waals surface area contributed by atoms with Crippen molar-refractivity contribution in [2.24, 2.45) is 0 Å². The van der Waals surface area contributed by atoms with Gasteiger partial charge in [-0.05, 0) is 49.2 Å². The minimum atomic E-state index is -1.58. The highest BCUT2D eigenvalue weighted by atomic mass is 19.1. The van der Waals surface area contributed by atoms with Gasteiger partial charge in [-0.2, -0.15) is 0 Å². The first kappa shape index (κ1) is 22.7. The fourth-order valence-corrected chi connectivity index (χ4v) is 1.92. The summed E-state index contributed by atoms with van der Waals surface area (Å²) in [6, 6.07) is 6.12. The maximum Gasteiger partial charge on any atom is 0.339 e. The van der Waals surface area contributed by atoms with E-state index in [0.717, 1.165) is 12.1 Å². The molecule has 0 aliphatic heterocycles. The summed E-state index contributed by atoms with van der Waals surface area (Å²) < 4.78 is 25.8. The maximum absolute atomic E-state index is 13.1. The predicted molar refractivity (Wildman–Crippen MR) is 89.9 cm³/mol. The number of carbonyl (C=O) groups is 3. The lowest BCUT2D eigenvalue weighted by Gasteiger charge is -2.03. The minimum Gasteiger partial charge on any atom is -0.478 e. The van der Waals surface area contributed by atoms with Gasteiger partial charge in [-0.15, -0.1) is 0 Å². The van der Waals surface area contributed by atoms with Gasteiger partial charge in [0.2, 0.25) is 0 Å². The van der Waals surface area contributed by atoms with Gasteiger partial charge >= 0.3 is 17.9 Å². The second-order valence-corrected chi connectivity index (χ2v) is 5.07. The van der Waals surface area contributed by atoms with Crippen LogP contribution >= 0.6 is 0 Å². The first-order chi connectivity index (χ1) is 11.5. The summed E-state index contributed by atoms with van der Waals surface area (Å²) in [5.41, 5.74) is -0.536. The zero-order chi connectivity index (χ0) is 19.3. The molecule has 3 N–H and O–H groups in total. The molecular weight excluding hydrogens is 350 g/mol. The van der Waals surface area contributed by atoms with E-state index in [-0.39, 0.29) is 13.0 Å². The van der Waals surface area contributed by atoms with Crippen molar-refractivity contribution in [3.05, 3.63) is 69.8 Å². The van der Waals surface area contributed by atoms with Crippen molar-refractivity contribution in [3.63, 3.8) is 0 Å². The lowest BCUT2D eigenvalue weighted by atomic mass is 10.0. The maximum atomic E-state index is 13.1. The van der Waals surface area contributed by atoms with Crippen LogP contribution in [0.3, 0.4) is 0 Å². The SMILES string of the molecule is C.Cc1cc(F)c(C(=O)O)c(C(=O)O)c1.Cc1ccc(C(=O)O)c(F)c1. The molecule has 0 aliphatic carbocycles. The molecule has 2 aromatic carbocycles. The van der Waals surface area contributed by atoms with Crippen molar-refractivity contribution in [1.82, 2.24) is 0 Å². The van der Waals surface area contributed by atoms with Gasteiger partial charge in [0.25, 0.3) is 0 Å². The second-order valence-electron chi connectivity index (χ2n) is 5.07. The van der Waals surface area contributed by atoms with Gasteiger partial charge in [0.1, 0.15) is 17.2 Å². The average molecular weight is 368 g/mol. The van der Waals surface area contributed by atoms with Crippen LogP contribution in [-0.4, -0.2) is 33.2 Å². The van der Waals surface area contributed by atoms with E-state index in [4.69, 9.17) is 15.3 Å². The van der Waals surface area contributed by atoms with Crippen molar-refractivity contribution in [2.45, 2.75) is 21.3 Å². The Morgan fingerprint density at radius 2 is 1.23 bits per heavy atom. The summed E-state index contributed by atoms with van der Waals surface area (Å²) in [5.74, 6) is -5.99. The normalized spacial score (nSPS) is 9.38. The largest absolute Gasteiger partial charge is 0.478 e. The summed E-state index contributed by atoms with van der Waals surface area (Å²) in [4.78, 5) is 31.4. The van der Waals surface area contributed by atoms with Gasteiger partial charge in [0.15, 0.2) is 0 Å². The molecule has 2 aromatic rings. The molecule has 0 bridgehead atoms. The third-order valence-corrected chi connectivity index (χ3v) is 3.03. The molecule has 0 aliphatic rings. The molecule has 0 spiro atoms. The molecule has 0 saturated carbocycles. The quantitative estimate of drug-likeness (QED) is 0.755. The molecule has 0 unspecified atom stereocenters. The Labute approximate surface area is 148 Å². The Balaban J connectivity index is 0.000000475. The number of carboxylic acids is 3. The second kappa shape index (κ2) is 9.26. The van der Waals surface area contributed by atoms with Gasteiger partial charge in [-0.25, -0.2) is 23.2 Å². The van der Waals surface area contributed by atoms with E-state index >= 15 is 0 Å². The van der Waals surface area contributed by atoms with E-state index in [1.807, 2.05) is 0 Å². The first-order valence-corrected chi connectivity index (χ1v) is 6.80. The number of carboxylic acid groups (broad SMARTS) is 3. The molecule has 26 heavy (non-hydrogen) atoms. The number of halogens is 2. The molecule has 6 nitrogen and oxygen atoms in total. The summed E-state index contributed by atoms with van der Waals surface area (Å²) in [6.07, 6.45) is 0. The van der Waals surface area contributed by atoms with Gasteiger partial charge in [0, 0.05) is 0 Å². The van der Waals surface area contributed by atoms with Crippen LogP contribution in [0.25, 0.3) is 0 Å². The van der Waals surface area contributed by atoms with Crippen molar-refractivity contribution in [3.8, 4) is 0 Å². The van der Waals surface area contributed by atoms with Crippen molar-refractivity contribution >= 4 is 17.9 Å². The van der Waals surface area contributed by atoms with Crippen molar-refractivity contribution in [1.29, 1.82) is 0 Å². The number of aromatic carboxylic acids is 3. The Morgan fingerprint density at radius 3 is 1.65 bits per heavy atom. The van der Waals surface area contributed by atoms with Crippen molar-refractivity contribution < 1.29 is 38.5 Å². The summed E-state index contributed by atoms with van der Waals surface area (Å²) in [6.45, 7) is 3.19. The van der Waals surface area contributed by atoms with E-state index in [1.165, 1.54) is 19.1 Å². The number of benzene rings is 2. The highest BCUT2D eigenvalue weighted by Crippen LogP contribution is 2.16. The van der Waals surface area contributed by atoms with Crippen LogP contribution in [0.4, 0.5) is 8.78 Å². The number of hydrogen-bond acceptors (Lipinski definition) is 3. The summed E-state index contributed by atoms with van der Waals surface area (Å²) in [7, 11) is 0. The monoisotopic (exact) mass is 368 g/mol. The molecule has 2 rings (SSSR count). The molecule has 0 saturated heterocycles. The number of rotatable bonds is 3. The molecule has 0 amide bonds. The smallest absolute Gasteiger partial charge is 0.339 e. The first-order valence-electron chi connectivity index (χ1n) is 6.80. The van der Waals surface area contributed by atoms with Gasteiger partial charge in [-0.3, -0.25) is 0 Å². The van der Waals surface area contributed by atoms with Crippen LogP contribution in [0, 0.1) is 25.5 Å². The lowest BCUT2D eigenvalue weighted by Crippen LogP contribution is -2.11. The van der Waals surface area contributed by atoms with Crippen LogP contribution in [-0.2, 0) is 0 Å². The van der Waals surface area contributed by atoms with Crippen molar-refractivity contribution in [2.75, 3.05) is 0 Å². The average Bonchev–Trinajstić information content (AvgIpc) is 2.45. The Kier molecular flexibility index (Phi) is 8.09. The van der Waals surface area contributed by atoms with Crippen LogP contribution < -0.4 is 0 Å². The molecular formula is C18H18F2O6. The van der Waals surface area contributed by atoms with E-state index in [0.29, 0.717) is 11.1 Å². The van der Waals surface area contributed by atoms with E-state index in [1.54, 1.807) is 13.0 Å². The fourth-order valence-electron chi connectivity index (χ4n) is 1.92. The standard InChI is InChI=1S/C9H7FO4.C8H7FO2.CH4/c1-4-2-5(8(11)12)7(9(13)14)6(10)3-4;1-5-2-3-6(8(10)11)7(9)4-5;/h2-3H,1H3,(H,11,12)(H,13,14);2-4H,1H3,(H,10,11);1H4. The van der Waals surface area contributed by atoms with Gasteiger partial charge in [0.05, 0.1) is 11.1 Å². The minimum absolute atomic E-state index is 0. The third kappa shape index (κ3) is 5.66. The van der Waals surface area contributed by atoms with Crippen LogP contribution in [0.5, 0.6) is 0 Å². The molecule has 0 heterocycles. The zero-order valence-corrected chi connectivity index (χ0v) is 13.2. The van der Waals surface area contributed by atoms with Crippen LogP contribution in [0.15, 0.2) is 30.3 Å². The highest BCUT2D eigenvalue weighted by Gasteiger charge is 2.20. The highest BCUT2D eigenvalue weighted by molar-refractivity contribution is 6.02. The molecule has 0 fully saturated rings. The molecule has 0 radical (unpaired) electrons. The van der Waals surface area contributed by atoms with Gasteiger partial charge < -0.3 is 15.3 Å². The Hall–Kier alpha value is -3.29.